The van der Waals surface area contributed by atoms with Gasteiger partial charge in [0.05, 0.1) is 18.3 Å². The van der Waals surface area contributed by atoms with Crippen LogP contribution in [0.2, 0.25) is 0 Å². The normalized spacial score (nSPS) is 15.6. The van der Waals surface area contributed by atoms with Crippen LogP contribution in [0.15, 0.2) is 36.4 Å². The molecule has 3 aromatic heterocycles. The van der Waals surface area contributed by atoms with Gasteiger partial charge in [-0.3, -0.25) is 9.48 Å². The van der Waals surface area contributed by atoms with E-state index < -0.39 is 5.97 Å². The SMILES string of the molecule is Cc1ccc(Cn2nc(C)c3cc(C(=O)OCC(=O)c4cc(C)n(C[C@@H]5CCCO5)c4C)sc32)cc1. The molecule has 5 rings (SSSR count). The van der Waals surface area contributed by atoms with Crippen LogP contribution in [0.1, 0.15) is 61.1 Å². The Morgan fingerprint density at radius 2 is 1.92 bits per heavy atom. The monoisotopic (exact) mass is 505 g/mol. The van der Waals surface area contributed by atoms with Gasteiger partial charge >= 0.3 is 5.97 Å². The number of benzene rings is 1. The van der Waals surface area contributed by atoms with Crippen LogP contribution in [-0.2, 0) is 22.6 Å². The molecule has 4 heterocycles. The summed E-state index contributed by atoms with van der Waals surface area (Å²) in [5.74, 6) is -0.683. The molecule has 0 radical (unpaired) electrons. The van der Waals surface area contributed by atoms with Crippen molar-refractivity contribution in [3.05, 3.63) is 75.0 Å². The third-order valence-corrected chi connectivity index (χ3v) is 8.01. The van der Waals surface area contributed by atoms with E-state index in [9.17, 15) is 9.59 Å². The molecule has 0 aliphatic carbocycles. The summed E-state index contributed by atoms with van der Waals surface area (Å²) < 4.78 is 15.3. The number of esters is 1. The summed E-state index contributed by atoms with van der Waals surface area (Å²) >= 11 is 1.35. The fraction of sp³-hybridized carbons (Fsp3) is 0.393. The molecule has 7 nitrogen and oxygen atoms in total. The molecule has 0 spiro atoms. The van der Waals surface area contributed by atoms with Crippen molar-refractivity contribution < 1.29 is 19.1 Å². The summed E-state index contributed by atoms with van der Waals surface area (Å²) in [6.45, 7) is 9.80. The molecule has 1 atom stereocenters. The fourth-order valence-electron chi connectivity index (χ4n) is 4.82. The van der Waals surface area contributed by atoms with Gasteiger partial charge in [-0.15, -0.1) is 11.3 Å². The lowest BCUT2D eigenvalue weighted by Crippen LogP contribution is -2.18. The van der Waals surface area contributed by atoms with Crippen molar-refractivity contribution in [1.29, 1.82) is 0 Å². The first-order valence-corrected chi connectivity index (χ1v) is 13.1. The summed E-state index contributed by atoms with van der Waals surface area (Å²) in [6.07, 6.45) is 2.30. The van der Waals surface area contributed by atoms with Crippen molar-refractivity contribution in [1.82, 2.24) is 14.3 Å². The smallest absolute Gasteiger partial charge is 0.348 e. The molecule has 1 aromatic carbocycles. The van der Waals surface area contributed by atoms with Crippen LogP contribution in [0.25, 0.3) is 10.2 Å². The number of nitrogens with zero attached hydrogens (tertiary/aromatic N) is 3. The van der Waals surface area contributed by atoms with Gasteiger partial charge in [0, 0.05) is 35.5 Å². The summed E-state index contributed by atoms with van der Waals surface area (Å²) in [5.41, 5.74) is 5.71. The number of ketones is 1. The van der Waals surface area contributed by atoms with E-state index >= 15 is 0 Å². The third kappa shape index (κ3) is 4.88. The predicted octanol–water partition coefficient (Wildman–Crippen LogP) is 5.40. The molecule has 1 aliphatic heterocycles. The Hall–Kier alpha value is -3.23. The van der Waals surface area contributed by atoms with Crippen LogP contribution in [0, 0.1) is 27.7 Å². The zero-order valence-corrected chi connectivity index (χ0v) is 22.0. The standard InChI is InChI=1S/C28H31N3O4S/c1-17-7-9-21(10-8-17)14-31-27-23(19(3)29-31)13-26(36-27)28(33)35-16-25(32)24-12-18(2)30(20(24)4)15-22-6-5-11-34-22/h7-10,12-13,22H,5-6,11,14-16H2,1-4H3/t22-/m0/s1. The highest BCUT2D eigenvalue weighted by molar-refractivity contribution is 7.20. The summed E-state index contributed by atoms with van der Waals surface area (Å²) in [4.78, 5) is 27.2. The third-order valence-electron chi connectivity index (χ3n) is 6.88. The molecular weight excluding hydrogens is 474 g/mol. The Labute approximate surface area is 214 Å². The maximum Gasteiger partial charge on any atom is 0.348 e. The van der Waals surface area contributed by atoms with Gasteiger partial charge in [-0.05, 0) is 58.2 Å². The van der Waals surface area contributed by atoms with Crippen LogP contribution in [0.3, 0.4) is 0 Å². The lowest BCUT2D eigenvalue weighted by molar-refractivity contribution is 0.0479. The Morgan fingerprint density at radius 3 is 2.64 bits per heavy atom. The van der Waals surface area contributed by atoms with E-state index in [1.54, 1.807) is 0 Å². The number of aromatic nitrogens is 3. The summed E-state index contributed by atoms with van der Waals surface area (Å²) in [6, 6.07) is 12.0. The number of thiophene rings is 1. The number of hydrogen-bond donors (Lipinski definition) is 0. The number of fused-ring (bicyclic) bond motifs is 1. The van der Waals surface area contributed by atoms with Gasteiger partial charge in [-0.1, -0.05) is 29.8 Å². The Morgan fingerprint density at radius 1 is 1.14 bits per heavy atom. The van der Waals surface area contributed by atoms with Crippen molar-refractivity contribution in [2.24, 2.45) is 0 Å². The first-order valence-electron chi connectivity index (χ1n) is 12.3. The van der Waals surface area contributed by atoms with E-state index in [-0.39, 0.29) is 18.5 Å². The highest BCUT2D eigenvalue weighted by atomic mass is 32.1. The van der Waals surface area contributed by atoms with E-state index in [1.807, 2.05) is 37.6 Å². The number of aryl methyl sites for hydroxylation is 3. The van der Waals surface area contributed by atoms with E-state index in [2.05, 4.69) is 40.9 Å². The predicted molar refractivity (Wildman–Crippen MR) is 140 cm³/mol. The van der Waals surface area contributed by atoms with Crippen molar-refractivity contribution >= 4 is 33.3 Å². The van der Waals surface area contributed by atoms with Crippen LogP contribution in [0.5, 0.6) is 0 Å². The van der Waals surface area contributed by atoms with E-state index in [0.29, 0.717) is 17.0 Å². The van der Waals surface area contributed by atoms with Gasteiger partial charge in [0.1, 0.15) is 9.71 Å². The van der Waals surface area contributed by atoms with Crippen LogP contribution >= 0.6 is 11.3 Å². The van der Waals surface area contributed by atoms with Crippen molar-refractivity contribution in [2.45, 2.75) is 59.7 Å². The van der Waals surface area contributed by atoms with Crippen molar-refractivity contribution in [3.8, 4) is 0 Å². The number of carbonyl (C=O) groups excluding carboxylic acids is 2. The van der Waals surface area contributed by atoms with E-state index in [4.69, 9.17) is 9.47 Å². The molecule has 0 unspecified atom stereocenters. The Kier molecular flexibility index (Phi) is 6.81. The topological polar surface area (TPSA) is 75.4 Å². The zero-order valence-electron chi connectivity index (χ0n) is 21.2. The molecule has 0 bridgehead atoms. The maximum atomic E-state index is 12.9. The fourth-order valence-corrected chi connectivity index (χ4v) is 5.88. The highest BCUT2D eigenvalue weighted by Gasteiger charge is 2.23. The van der Waals surface area contributed by atoms with Gasteiger partial charge in [0.15, 0.2) is 6.61 Å². The quantitative estimate of drug-likeness (QED) is 0.237. The molecule has 188 valence electrons. The number of carbonyl (C=O) groups is 2. The summed E-state index contributed by atoms with van der Waals surface area (Å²) in [7, 11) is 0. The minimum absolute atomic E-state index is 0.189. The average Bonchev–Trinajstić information content (AvgIpc) is 3.63. The van der Waals surface area contributed by atoms with Crippen molar-refractivity contribution in [2.75, 3.05) is 13.2 Å². The number of Topliss-reactive ketones (excluding diaryl/α,β-unsaturated/α-hetero) is 1. The number of ether oxygens (including phenoxy) is 2. The molecule has 36 heavy (non-hydrogen) atoms. The molecule has 0 saturated carbocycles. The molecule has 1 saturated heterocycles. The Balaban J connectivity index is 1.26. The lowest BCUT2D eigenvalue weighted by Gasteiger charge is -2.14. The maximum absolute atomic E-state index is 12.9. The second-order valence-corrected chi connectivity index (χ2v) is 10.6. The van der Waals surface area contributed by atoms with Gasteiger partial charge in [0.25, 0.3) is 0 Å². The lowest BCUT2D eigenvalue weighted by atomic mass is 10.1. The van der Waals surface area contributed by atoms with Crippen LogP contribution in [0.4, 0.5) is 0 Å². The largest absolute Gasteiger partial charge is 0.453 e. The zero-order chi connectivity index (χ0) is 25.4. The van der Waals surface area contributed by atoms with Crippen molar-refractivity contribution in [3.63, 3.8) is 0 Å². The van der Waals surface area contributed by atoms with Gasteiger partial charge < -0.3 is 14.0 Å². The molecule has 0 N–H and O–H groups in total. The second kappa shape index (κ2) is 10.0. The molecular formula is C28H31N3O4S. The molecule has 1 fully saturated rings. The molecule has 0 amide bonds. The second-order valence-electron chi connectivity index (χ2n) is 9.59. The first-order chi connectivity index (χ1) is 17.3. The summed E-state index contributed by atoms with van der Waals surface area (Å²) in [5, 5.41) is 5.58. The minimum Gasteiger partial charge on any atom is -0.453 e. The number of rotatable bonds is 8. The molecule has 1 aliphatic rings. The molecule has 4 aromatic rings. The average molecular weight is 506 g/mol. The highest BCUT2D eigenvalue weighted by Crippen LogP contribution is 2.29. The van der Waals surface area contributed by atoms with Gasteiger partial charge in [-0.2, -0.15) is 5.10 Å². The molecule has 8 heteroatoms. The minimum atomic E-state index is -0.487. The van der Waals surface area contributed by atoms with Gasteiger partial charge in [0.2, 0.25) is 5.78 Å². The Bertz CT molecular complexity index is 1420. The van der Waals surface area contributed by atoms with E-state index in [1.165, 1.54) is 16.9 Å². The van der Waals surface area contributed by atoms with Crippen LogP contribution in [-0.4, -0.2) is 45.4 Å². The van der Waals surface area contributed by atoms with Gasteiger partial charge in [-0.25, -0.2) is 4.79 Å². The first kappa shape index (κ1) is 24.5. The van der Waals surface area contributed by atoms with Crippen LogP contribution < -0.4 is 0 Å². The van der Waals surface area contributed by atoms with E-state index in [0.717, 1.165) is 58.9 Å². The number of hydrogen-bond acceptors (Lipinski definition) is 6.